The lowest BCUT2D eigenvalue weighted by molar-refractivity contribution is -0.123. The second-order valence-corrected chi connectivity index (χ2v) is 6.29. The molecule has 1 aromatic heterocycles. The van der Waals surface area contributed by atoms with Crippen LogP contribution in [0.15, 0.2) is 12.4 Å². The molecular weight excluding hydrogens is 240 g/mol. The van der Waals surface area contributed by atoms with Gasteiger partial charge in [-0.25, -0.2) is 4.98 Å². The molecule has 0 aliphatic rings. The average Bonchev–Trinajstić information content (AvgIpc) is 2.62. The SMILES string of the molecule is CC(C)CNCc1nccn1CC(=O)NC(C)(C)C. The predicted molar refractivity (Wildman–Crippen MR) is 76.7 cm³/mol. The van der Waals surface area contributed by atoms with Crippen LogP contribution in [-0.4, -0.2) is 27.5 Å². The maximum Gasteiger partial charge on any atom is 0.240 e. The highest BCUT2D eigenvalue weighted by Crippen LogP contribution is 2.01. The number of nitrogens with zero attached hydrogens (tertiary/aromatic N) is 2. The maximum atomic E-state index is 11.9. The van der Waals surface area contributed by atoms with Crippen LogP contribution in [0.4, 0.5) is 0 Å². The van der Waals surface area contributed by atoms with Crippen LogP contribution >= 0.6 is 0 Å². The van der Waals surface area contributed by atoms with Gasteiger partial charge in [0, 0.05) is 17.9 Å². The Balaban J connectivity index is 2.50. The Hall–Kier alpha value is -1.36. The second-order valence-electron chi connectivity index (χ2n) is 6.29. The van der Waals surface area contributed by atoms with E-state index in [4.69, 9.17) is 0 Å². The lowest BCUT2D eigenvalue weighted by Gasteiger charge is -2.21. The van der Waals surface area contributed by atoms with Crippen molar-refractivity contribution in [2.75, 3.05) is 6.54 Å². The quantitative estimate of drug-likeness (QED) is 0.821. The molecule has 0 bridgehead atoms. The van der Waals surface area contributed by atoms with Crippen LogP contribution in [0.25, 0.3) is 0 Å². The summed E-state index contributed by atoms with van der Waals surface area (Å²) in [7, 11) is 0. The molecule has 108 valence electrons. The number of aromatic nitrogens is 2. The first-order valence-corrected chi connectivity index (χ1v) is 6.79. The fraction of sp³-hybridized carbons (Fsp3) is 0.714. The second kappa shape index (κ2) is 6.70. The van der Waals surface area contributed by atoms with Crippen molar-refractivity contribution in [1.82, 2.24) is 20.2 Å². The van der Waals surface area contributed by atoms with E-state index in [9.17, 15) is 4.79 Å². The standard InChI is InChI=1S/C14H26N4O/c1-11(2)8-15-9-12-16-6-7-18(12)10-13(19)17-14(3,4)5/h6-7,11,15H,8-10H2,1-5H3,(H,17,19). The number of hydrogen-bond acceptors (Lipinski definition) is 3. The fourth-order valence-electron chi connectivity index (χ4n) is 1.74. The molecule has 0 saturated carbocycles. The molecule has 2 N–H and O–H groups in total. The van der Waals surface area contributed by atoms with E-state index in [0.717, 1.165) is 12.4 Å². The zero-order chi connectivity index (χ0) is 14.5. The summed E-state index contributed by atoms with van der Waals surface area (Å²) in [5.41, 5.74) is -0.201. The summed E-state index contributed by atoms with van der Waals surface area (Å²) in [6.45, 7) is 12.2. The third-order valence-corrected chi connectivity index (χ3v) is 2.47. The molecule has 0 aliphatic heterocycles. The van der Waals surface area contributed by atoms with Gasteiger partial charge >= 0.3 is 0 Å². The van der Waals surface area contributed by atoms with Gasteiger partial charge in [0.05, 0.1) is 6.54 Å². The third-order valence-electron chi connectivity index (χ3n) is 2.47. The summed E-state index contributed by atoms with van der Waals surface area (Å²) in [6, 6.07) is 0. The van der Waals surface area contributed by atoms with Crippen LogP contribution in [0, 0.1) is 5.92 Å². The van der Waals surface area contributed by atoms with Crippen molar-refractivity contribution < 1.29 is 4.79 Å². The van der Waals surface area contributed by atoms with E-state index < -0.39 is 0 Å². The van der Waals surface area contributed by atoms with E-state index in [2.05, 4.69) is 29.5 Å². The molecule has 0 unspecified atom stereocenters. The van der Waals surface area contributed by atoms with Crippen LogP contribution in [0.2, 0.25) is 0 Å². The van der Waals surface area contributed by atoms with Crippen molar-refractivity contribution >= 4 is 5.91 Å². The van der Waals surface area contributed by atoms with Crippen molar-refractivity contribution in [3.05, 3.63) is 18.2 Å². The highest BCUT2D eigenvalue weighted by molar-refractivity contribution is 5.76. The Kier molecular flexibility index (Phi) is 5.54. The lowest BCUT2D eigenvalue weighted by Crippen LogP contribution is -2.42. The van der Waals surface area contributed by atoms with E-state index in [1.54, 1.807) is 6.20 Å². The summed E-state index contributed by atoms with van der Waals surface area (Å²) in [6.07, 6.45) is 3.57. The van der Waals surface area contributed by atoms with E-state index in [-0.39, 0.29) is 11.4 Å². The van der Waals surface area contributed by atoms with Crippen LogP contribution in [0.1, 0.15) is 40.4 Å². The number of imidazole rings is 1. The summed E-state index contributed by atoms with van der Waals surface area (Å²) in [5.74, 6) is 1.51. The molecule has 19 heavy (non-hydrogen) atoms. The number of amides is 1. The molecule has 5 heteroatoms. The highest BCUT2D eigenvalue weighted by atomic mass is 16.2. The minimum atomic E-state index is -0.201. The smallest absolute Gasteiger partial charge is 0.240 e. The number of hydrogen-bond donors (Lipinski definition) is 2. The molecule has 0 saturated heterocycles. The Labute approximate surface area is 115 Å². The molecule has 0 spiro atoms. The van der Waals surface area contributed by atoms with Gasteiger partial charge in [-0.3, -0.25) is 4.79 Å². The molecule has 1 rings (SSSR count). The number of carbonyl (C=O) groups excluding carboxylic acids is 1. The first kappa shape index (κ1) is 15.7. The third kappa shape index (κ3) is 6.38. The van der Waals surface area contributed by atoms with E-state index in [1.165, 1.54) is 0 Å². The van der Waals surface area contributed by atoms with Gasteiger partial charge in [-0.05, 0) is 33.2 Å². The summed E-state index contributed by atoms with van der Waals surface area (Å²) < 4.78 is 1.88. The maximum absolute atomic E-state index is 11.9. The van der Waals surface area contributed by atoms with Crippen molar-refractivity contribution in [3.63, 3.8) is 0 Å². The van der Waals surface area contributed by atoms with Crippen LogP contribution < -0.4 is 10.6 Å². The molecule has 5 nitrogen and oxygen atoms in total. The minimum absolute atomic E-state index is 0.00982. The molecule has 0 aromatic carbocycles. The van der Waals surface area contributed by atoms with Crippen molar-refractivity contribution in [1.29, 1.82) is 0 Å². The zero-order valence-electron chi connectivity index (χ0n) is 12.7. The zero-order valence-corrected chi connectivity index (χ0v) is 12.7. The first-order valence-electron chi connectivity index (χ1n) is 6.79. The Morgan fingerprint density at radius 2 is 2.11 bits per heavy atom. The Bertz CT molecular complexity index is 404. The van der Waals surface area contributed by atoms with Gasteiger partial charge < -0.3 is 15.2 Å². The molecule has 0 radical (unpaired) electrons. The van der Waals surface area contributed by atoms with Gasteiger partial charge in [-0.15, -0.1) is 0 Å². The molecular formula is C14H26N4O. The monoisotopic (exact) mass is 266 g/mol. The molecule has 0 atom stereocenters. The minimum Gasteiger partial charge on any atom is -0.350 e. The predicted octanol–water partition coefficient (Wildman–Crippen LogP) is 1.54. The Morgan fingerprint density at radius 1 is 1.42 bits per heavy atom. The molecule has 1 aromatic rings. The summed E-state index contributed by atoms with van der Waals surface area (Å²) in [5, 5.41) is 6.29. The number of rotatable bonds is 6. The molecule has 0 aliphatic carbocycles. The van der Waals surface area contributed by atoms with Crippen LogP contribution in [-0.2, 0) is 17.9 Å². The van der Waals surface area contributed by atoms with Crippen LogP contribution in [0.5, 0.6) is 0 Å². The van der Waals surface area contributed by atoms with E-state index in [0.29, 0.717) is 19.0 Å². The van der Waals surface area contributed by atoms with E-state index >= 15 is 0 Å². The van der Waals surface area contributed by atoms with Gasteiger partial charge in [0.15, 0.2) is 0 Å². The molecule has 0 fully saturated rings. The molecule has 1 amide bonds. The highest BCUT2D eigenvalue weighted by Gasteiger charge is 2.15. The molecule has 1 heterocycles. The van der Waals surface area contributed by atoms with Gasteiger partial charge in [0.25, 0.3) is 0 Å². The average molecular weight is 266 g/mol. The topological polar surface area (TPSA) is 59.0 Å². The Morgan fingerprint density at radius 3 is 2.68 bits per heavy atom. The van der Waals surface area contributed by atoms with Gasteiger partial charge in [-0.1, -0.05) is 13.8 Å². The number of nitrogens with one attached hydrogen (secondary N) is 2. The number of carbonyl (C=O) groups is 1. The van der Waals surface area contributed by atoms with Crippen molar-refractivity contribution in [2.24, 2.45) is 5.92 Å². The lowest BCUT2D eigenvalue weighted by atomic mass is 10.1. The van der Waals surface area contributed by atoms with Gasteiger partial charge in [0.1, 0.15) is 12.4 Å². The first-order chi connectivity index (χ1) is 8.78. The van der Waals surface area contributed by atoms with Crippen molar-refractivity contribution in [3.8, 4) is 0 Å². The largest absolute Gasteiger partial charge is 0.350 e. The van der Waals surface area contributed by atoms with Crippen molar-refractivity contribution in [2.45, 2.75) is 53.2 Å². The van der Waals surface area contributed by atoms with Crippen LogP contribution in [0.3, 0.4) is 0 Å². The van der Waals surface area contributed by atoms with E-state index in [1.807, 2.05) is 31.5 Å². The van der Waals surface area contributed by atoms with Gasteiger partial charge in [-0.2, -0.15) is 0 Å². The fourth-order valence-corrected chi connectivity index (χ4v) is 1.74. The summed E-state index contributed by atoms with van der Waals surface area (Å²) in [4.78, 5) is 16.2. The van der Waals surface area contributed by atoms with Gasteiger partial charge in [0.2, 0.25) is 5.91 Å². The summed E-state index contributed by atoms with van der Waals surface area (Å²) >= 11 is 0. The normalized spacial score (nSPS) is 11.9.